The quantitative estimate of drug-likeness (QED) is 0.303. The SMILES string of the molecule is COc1ccccc1OCC(=O)NC(=S)Nc1cc([N+](=O)[O-])ccc1O. The molecule has 26 heavy (non-hydrogen) atoms. The van der Waals surface area contributed by atoms with Crippen molar-refractivity contribution in [3.8, 4) is 17.2 Å². The average molecular weight is 377 g/mol. The Hall–Kier alpha value is -3.40. The number of carbonyl (C=O) groups is 1. The number of ether oxygens (including phenoxy) is 2. The van der Waals surface area contributed by atoms with E-state index in [9.17, 15) is 20.0 Å². The van der Waals surface area contributed by atoms with E-state index in [0.717, 1.165) is 18.2 Å². The van der Waals surface area contributed by atoms with Crippen molar-refractivity contribution < 1.29 is 24.3 Å². The number of phenolic OH excluding ortho intramolecular Hbond substituents is 1. The van der Waals surface area contributed by atoms with Crippen LogP contribution in [0.3, 0.4) is 0 Å². The van der Waals surface area contributed by atoms with Crippen molar-refractivity contribution in [2.75, 3.05) is 19.0 Å². The Morgan fingerprint density at radius 2 is 1.96 bits per heavy atom. The average Bonchev–Trinajstić information content (AvgIpc) is 2.61. The number of para-hydroxylation sites is 2. The van der Waals surface area contributed by atoms with E-state index in [1.807, 2.05) is 0 Å². The molecular formula is C16H15N3O6S. The highest BCUT2D eigenvalue weighted by Crippen LogP contribution is 2.28. The minimum Gasteiger partial charge on any atom is -0.506 e. The topological polar surface area (TPSA) is 123 Å². The van der Waals surface area contributed by atoms with Gasteiger partial charge in [0.05, 0.1) is 17.7 Å². The van der Waals surface area contributed by atoms with Crippen LogP contribution in [0.1, 0.15) is 0 Å². The lowest BCUT2D eigenvalue weighted by atomic mass is 10.2. The molecule has 0 spiro atoms. The number of non-ortho nitro benzene ring substituents is 1. The molecule has 0 heterocycles. The van der Waals surface area contributed by atoms with Gasteiger partial charge in [-0.05, 0) is 30.4 Å². The number of anilines is 1. The van der Waals surface area contributed by atoms with Crippen LogP contribution in [0.25, 0.3) is 0 Å². The van der Waals surface area contributed by atoms with Gasteiger partial charge in [0, 0.05) is 12.1 Å². The fraction of sp³-hybridized carbons (Fsp3) is 0.125. The molecule has 0 bridgehead atoms. The number of nitro benzene ring substituents is 1. The molecule has 10 heteroatoms. The van der Waals surface area contributed by atoms with Crippen LogP contribution < -0.4 is 20.1 Å². The largest absolute Gasteiger partial charge is 0.506 e. The van der Waals surface area contributed by atoms with E-state index < -0.39 is 10.8 Å². The predicted octanol–water partition coefficient (Wildman–Crippen LogP) is 2.20. The van der Waals surface area contributed by atoms with E-state index in [1.165, 1.54) is 7.11 Å². The van der Waals surface area contributed by atoms with Crippen LogP contribution in [0, 0.1) is 10.1 Å². The second-order valence-electron chi connectivity index (χ2n) is 4.90. The third-order valence-electron chi connectivity index (χ3n) is 3.12. The molecule has 0 atom stereocenters. The van der Waals surface area contributed by atoms with Crippen LogP contribution in [0.2, 0.25) is 0 Å². The summed E-state index contributed by atoms with van der Waals surface area (Å²) in [6, 6.07) is 10.2. The van der Waals surface area contributed by atoms with Crippen LogP contribution >= 0.6 is 12.2 Å². The summed E-state index contributed by atoms with van der Waals surface area (Å²) < 4.78 is 10.5. The van der Waals surface area contributed by atoms with Gasteiger partial charge < -0.3 is 19.9 Å². The summed E-state index contributed by atoms with van der Waals surface area (Å²) in [6.07, 6.45) is 0. The van der Waals surface area contributed by atoms with Gasteiger partial charge in [-0.3, -0.25) is 20.2 Å². The number of nitrogens with zero attached hydrogens (tertiary/aromatic N) is 1. The number of nitrogens with one attached hydrogen (secondary N) is 2. The molecular weight excluding hydrogens is 362 g/mol. The molecule has 136 valence electrons. The molecule has 0 saturated carbocycles. The van der Waals surface area contributed by atoms with Gasteiger partial charge in [-0.25, -0.2) is 0 Å². The van der Waals surface area contributed by atoms with Crippen LogP contribution in [-0.4, -0.2) is 34.8 Å². The van der Waals surface area contributed by atoms with Crippen molar-refractivity contribution >= 4 is 34.6 Å². The first-order valence-corrected chi connectivity index (χ1v) is 7.65. The van der Waals surface area contributed by atoms with E-state index in [4.69, 9.17) is 21.7 Å². The highest BCUT2D eigenvalue weighted by molar-refractivity contribution is 7.80. The molecule has 1 amide bonds. The molecule has 2 rings (SSSR count). The molecule has 2 aromatic rings. The van der Waals surface area contributed by atoms with E-state index in [-0.39, 0.29) is 28.8 Å². The number of methoxy groups -OCH3 is 1. The number of carbonyl (C=O) groups excluding carboxylic acids is 1. The Morgan fingerprint density at radius 1 is 1.27 bits per heavy atom. The molecule has 0 aliphatic carbocycles. The van der Waals surface area contributed by atoms with Gasteiger partial charge in [-0.2, -0.15) is 0 Å². The third-order valence-corrected chi connectivity index (χ3v) is 3.32. The molecule has 0 fully saturated rings. The first-order valence-electron chi connectivity index (χ1n) is 7.24. The Kier molecular flexibility index (Phi) is 6.28. The molecule has 3 N–H and O–H groups in total. The van der Waals surface area contributed by atoms with Gasteiger partial charge in [0.1, 0.15) is 5.75 Å². The summed E-state index contributed by atoms with van der Waals surface area (Å²) >= 11 is 4.96. The smallest absolute Gasteiger partial charge is 0.271 e. The Balaban J connectivity index is 1.92. The number of benzene rings is 2. The normalized spacial score (nSPS) is 9.88. The standard InChI is InChI=1S/C16H15N3O6S/c1-24-13-4-2-3-5-14(13)25-9-15(21)18-16(26)17-11-8-10(19(22)23)6-7-12(11)20/h2-8,20H,9H2,1H3,(H2,17,18,21,26). The molecule has 0 saturated heterocycles. The van der Waals surface area contributed by atoms with Gasteiger partial charge in [0.15, 0.2) is 23.2 Å². The number of hydrogen-bond acceptors (Lipinski definition) is 7. The predicted molar refractivity (Wildman–Crippen MR) is 97.6 cm³/mol. The molecule has 9 nitrogen and oxygen atoms in total. The van der Waals surface area contributed by atoms with Crippen LogP contribution in [0.4, 0.5) is 11.4 Å². The highest BCUT2D eigenvalue weighted by atomic mass is 32.1. The van der Waals surface area contributed by atoms with E-state index in [2.05, 4.69) is 10.6 Å². The van der Waals surface area contributed by atoms with Crippen molar-refractivity contribution in [1.29, 1.82) is 0 Å². The fourth-order valence-electron chi connectivity index (χ4n) is 1.94. The van der Waals surface area contributed by atoms with Crippen LogP contribution in [0.5, 0.6) is 17.2 Å². The first kappa shape index (κ1) is 18.9. The van der Waals surface area contributed by atoms with Crippen molar-refractivity contribution in [1.82, 2.24) is 5.32 Å². The minimum absolute atomic E-state index is 0.00449. The zero-order valence-corrected chi connectivity index (χ0v) is 14.4. The molecule has 0 radical (unpaired) electrons. The summed E-state index contributed by atoms with van der Waals surface area (Å²) in [6.45, 7) is -0.330. The number of aromatic hydroxyl groups is 1. The van der Waals surface area contributed by atoms with E-state index in [0.29, 0.717) is 11.5 Å². The molecule has 0 unspecified atom stereocenters. The Bertz CT molecular complexity index is 842. The monoisotopic (exact) mass is 377 g/mol. The van der Waals surface area contributed by atoms with Gasteiger partial charge in [-0.1, -0.05) is 12.1 Å². The van der Waals surface area contributed by atoms with Crippen molar-refractivity contribution in [3.05, 3.63) is 52.6 Å². The first-order chi connectivity index (χ1) is 12.4. The number of thiocarbonyl (C=S) groups is 1. The maximum Gasteiger partial charge on any atom is 0.271 e. The summed E-state index contributed by atoms with van der Waals surface area (Å²) in [5, 5.41) is 25.2. The number of phenols is 1. The maximum atomic E-state index is 11.9. The lowest BCUT2D eigenvalue weighted by Crippen LogP contribution is -2.37. The molecule has 0 aliphatic heterocycles. The molecule has 2 aromatic carbocycles. The number of rotatable bonds is 6. The number of nitro groups is 1. The van der Waals surface area contributed by atoms with Crippen LogP contribution in [-0.2, 0) is 4.79 Å². The number of amides is 1. The van der Waals surface area contributed by atoms with Crippen molar-refractivity contribution in [3.63, 3.8) is 0 Å². The second-order valence-corrected chi connectivity index (χ2v) is 5.31. The Labute approximate surface area is 153 Å². The van der Waals surface area contributed by atoms with E-state index >= 15 is 0 Å². The lowest BCUT2D eigenvalue weighted by Gasteiger charge is -2.12. The summed E-state index contributed by atoms with van der Waals surface area (Å²) in [5.74, 6) is 0.0543. The summed E-state index contributed by atoms with van der Waals surface area (Å²) in [7, 11) is 1.48. The third kappa shape index (κ3) is 5.05. The zero-order chi connectivity index (χ0) is 19.1. The second kappa shape index (κ2) is 8.62. The van der Waals surface area contributed by atoms with Crippen molar-refractivity contribution in [2.24, 2.45) is 0 Å². The minimum atomic E-state index is -0.618. The van der Waals surface area contributed by atoms with Crippen LogP contribution in [0.15, 0.2) is 42.5 Å². The van der Waals surface area contributed by atoms with Gasteiger partial charge in [-0.15, -0.1) is 0 Å². The summed E-state index contributed by atoms with van der Waals surface area (Å²) in [5.41, 5.74) is -0.242. The fourth-order valence-corrected chi connectivity index (χ4v) is 2.16. The zero-order valence-electron chi connectivity index (χ0n) is 13.6. The molecule has 0 aliphatic rings. The maximum absolute atomic E-state index is 11.9. The van der Waals surface area contributed by atoms with Gasteiger partial charge in [0.25, 0.3) is 11.6 Å². The van der Waals surface area contributed by atoms with Gasteiger partial charge in [0.2, 0.25) is 0 Å². The number of hydrogen-bond donors (Lipinski definition) is 3. The highest BCUT2D eigenvalue weighted by Gasteiger charge is 2.13. The summed E-state index contributed by atoms with van der Waals surface area (Å²) in [4.78, 5) is 22.1. The van der Waals surface area contributed by atoms with Crippen molar-refractivity contribution in [2.45, 2.75) is 0 Å². The Morgan fingerprint density at radius 3 is 2.62 bits per heavy atom. The molecule has 0 aromatic heterocycles. The van der Waals surface area contributed by atoms with E-state index in [1.54, 1.807) is 24.3 Å². The lowest BCUT2D eigenvalue weighted by molar-refractivity contribution is -0.384. The van der Waals surface area contributed by atoms with Gasteiger partial charge >= 0.3 is 0 Å².